The largest absolute Gasteiger partial charge is 0.380 e. The summed E-state index contributed by atoms with van der Waals surface area (Å²) in [6.07, 6.45) is 1.64. The van der Waals surface area contributed by atoms with Crippen molar-refractivity contribution < 1.29 is 8.60 Å². The van der Waals surface area contributed by atoms with E-state index in [9.17, 15) is 8.60 Å². The molecule has 2 nitrogen and oxygen atoms in total. The monoisotopic (exact) mass is 261 g/mol. The van der Waals surface area contributed by atoms with E-state index in [4.69, 9.17) is 11.6 Å². The number of halogens is 2. The Hall–Kier alpha value is -0.610. The Balaban J connectivity index is 2.03. The van der Waals surface area contributed by atoms with E-state index in [0.717, 1.165) is 12.8 Å². The van der Waals surface area contributed by atoms with Crippen molar-refractivity contribution in [1.29, 1.82) is 0 Å². The third-order valence-electron chi connectivity index (χ3n) is 2.68. The average Bonchev–Trinajstić information content (AvgIpc) is 2.27. The molecule has 0 saturated carbocycles. The van der Waals surface area contributed by atoms with Crippen LogP contribution in [0.15, 0.2) is 18.2 Å². The van der Waals surface area contributed by atoms with E-state index in [-0.39, 0.29) is 11.9 Å². The summed E-state index contributed by atoms with van der Waals surface area (Å²) >= 11 is 5.80. The van der Waals surface area contributed by atoms with Crippen LogP contribution in [0.1, 0.15) is 12.8 Å². The van der Waals surface area contributed by atoms with Gasteiger partial charge < -0.3 is 5.32 Å². The Labute approximate surface area is 102 Å². The Morgan fingerprint density at radius 3 is 2.75 bits per heavy atom. The van der Waals surface area contributed by atoms with Gasteiger partial charge in [0.15, 0.2) is 0 Å². The maximum Gasteiger partial charge on any atom is 0.146 e. The molecule has 88 valence electrons. The molecule has 0 aliphatic carbocycles. The van der Waals surface area contributed by atoms with Crippen molar-refractivity contribution in [2.24, 2.45) is 0 Å². The van der Waals surface area contributed by atoms with Gasteiger partial charge in [-0.05, 0) is 31.0 Å². The van der Waals surface area contributed by atoms with E-state index in [2.05, 4.69) is 5.32 Å². The molecule has 1 aliphatic heterocycles. The van der Waals surface area contributed by atoms with Crippen LogP contribution < -0.4 is 5.32 Å². The molecule has 0 atom stereocenters. The van der Waals surface area contributed by atoms with Crippen molar-refractivity contribution in [2.75, 3.05) is 16.8 Å². The minimum Gasteiger partial charge on any atom is -0.380 e. The lowest BCUT2D eigenvalue weighted by Crippen LogP contribution is -2.29. The first-order valence-electron chi connectivity index (χ1n) is 5.22. The minimum absolute atomic E-state index is 0.200. The second-order valence-electron chi connectivity index (χ2n) is 3.89. The SMILES string of the molecule is O=S1CCC(Nc2cc(Cl)ccc2F)CC1. The molecular weight excluding hydrogens is 249 g/mol. The van der Waals surface area contributed by atoms with Crippen molar-refractivity contribution in [2.45, 2.75) is 18.9 Å². The van der Waals surface area contributed by atoms with Gasteiger partial charge in [0.1, 0.15) is 5.82 Å². The Bertz CT molecular complexity index is 403. The van der Waals surface area contributed by atoms with Gasteiger partial charge in [0.2, 0.25) is 0 Å². The molecule has 1 heterocycles. The van der Waals surface area contributed by atoms with E-state index >= 15 is 0 Å². The Morgan fingerprint density at radius 1 is 1.38 bits per heavy atom. The van der Waals surface area contributed by atoms with Gasteiger partial charge >= 0.3 is 0 Å². The zero-order valence-corrected chi connectivity index (χ0v) is 10.3. The first kappa shape index (κ1) is 11.9. The summed E-state index contributed by atoms with van der Waals surface area (Å²) in [5.74, 6) is 1.09. The second kappa shape index (κ2) is 5.15. The van der Waals surface area contributed by atoms with Crippen molar-refractivity contribution in [3.63, 3.8) is 0 Å². The lowest BCUT2D eigenvalue weighted by atomic mass is 10.1. The fourth-order valence-corrected chi connectivity index (χ4v) is 3.24. The molecule has 0 aromatic heterocycles. The molecule has 0 bridgehead atoms. The highest BCUT2D eigenvalue weighted by molar-refractivity contribution is 7.85. The summed E-state index contributed by atoms with van der Waals surface area (Å²) < 4.78 is 24.6. The standard InChI is InChI=1S/C11H13ClFNOS/c12-8-1-2-10(13)11(7-8)14-9-3-5-16(15)6-4-9/h1-2,7,9,14H,3-6H2. The molecule has 2 rings (SSSR count). The predicted octanol–water partition coefficient (Wildman–Crippen LogP) is 2.80. The van der Waals surface area contributed by atoms with Crippen molar-refractivity contribution in [3.05, 3.63) is 29.0 Å². The summed E-state index contributed by atoms with van der Waals surface area (Å²) in [5, 5.41) is 3.63. The van der Waals surface area contributed by atoms with E-state index in [1.54, 1.807) is 6.07 Å². The van der Waals surface area contributed by atoms with E-state index < -0.39 is 10.8 Å². The summed E-state index contributed by atoms with van der Waals surface area (Å²) in [7, 11) is -0.688. The molecule has 1 aromatic rings. The first-order valence-corrected chi connectivity index (χ1v) is 7.08. The van der Waals surface area contributed by atoms with Crippen LogP contribution in [0.4, 0.5) is 10.1 Å². The molecule has 0 radical (unpaired) electrons. The normalized spacial score (nSPS) is 25.4. The predicted molar refractivity (Wildman–Crippen MR) is 65.9 cm³/mol. The zero-order valence-electron chi connectivity index (χ0n) is 8.71. The van der Waals surface area contributed by atoms with Crippen molar-refractivity contribution in [1.82, 2.24) is 0 Å². The van der Waals surface area contributed by atoms with Gasteiger partial charge in [-0.25, -0.2) is 4.39 Å². The molecule has 0 unspecified atom stereocenters. The minimum atomic E-state index is -0.688. The average molecular weight is 262 g/mol. The highest BCUT2D eigenvalue weighted by atomic mass is 35.5. The molecule has 1 N–H and O–H groups in total. The quantitative estimate of drug-likeness (QED) is 0.887. The summed E-state index contributed by atoms with van der Waals surface area (Å²) in [5.41, 5.74) is 0.435. The lowest BCUT2D eigenvalue weighted by Gasteiger charge is -2.23. The smallest absolute Gasteiger partial charge is 0.146 e. The highest BCUT2D eigenvalue weighted by Crippen LogP contribution is 2.22. The van der Waals surface area contributed by atoms with Gasteiger partial charge in [0.25, 0.3) is 0 Å². The molecule has 1 aromatic carbocycles. The van der Waals surface area contributed by atoms with Crippen LogP contribution in [0.2, 0.25) is 5.02 Å². The van der Waals surface area contributed by atoms with Crippen LogP contribution in [0.3, 0.4) is 0 Å². The number of benzene rings is 1. The maximum absolute atomic E-state index is 13.4. The molecule has 16 heavy (non-hydrogen) atoms. The van der Waals surface area contributed by atoms with Crippen LogP contribution in [0.5, 0.6) is 0 Å². The van der Waals surface area contributed by atoms with Gasteiger partial charge in [0, 0.05) is 33.4 Å². The molecule has 1 aliphatic rings. The zero-order chi connectivity index (χ0) is 11.5. The first-order chi connectivity index (χ1) is 7.65. The van der Waals surface area contributed by atoms with Crippen LogP contribution in [-0.2, 0) is 10.8 Å². The van der Waals surface area contributed by atoms with Gasteiger partial charge in [-0.2, -0.15) is 0 Å². The van der Waals surface area contributed by atoms with Crippen molar-refractivity contribution >= 4 is 28.1 Å². The number of rotatable bonds is 2. The van der Waals surface area contributed by atoms with Gasteiger partial charge in [-0.1, -0.05) is 11.6 Å². The van der Waals surface area contributed by atoms with E-state index in [1.165, 1.54) is 12.1 Å². The van der Waals surface area contributed by atoms with Gasteiger partial charge in [-0.3, -0.25) is 4.21 Å². The van der Waals surface area contributed by atoms with E-state index in [1.807, 2.05) is 0 Å². The summed E-state index contributed by atoms with van der Waals surface area (Å²) in [6.45, 7) is 0. The maximum atomic E-state index is 13.4. The molecular formula is C11H13ClFNOS. The summed E-state index contributed by atoms with van der Waals surface area (Å²) in [4.78, 5) is 0. The Morgan fingerprint density at radius 2 is 2.06 bits per heavy atom. The van der Waals surface area contributed by atoms with Crippen molar-refractivity contribution in [3.8, 4) is 0 Å². The molecule has 5 heteroatoms. The highest BCUT2D eigenvalue weighted by Gasteiger charge is 2.18. The Kier molecular flexibility index (Phi) is 3.82. The third kappa shape index (κ3) is 2.95. The fraction of sp³-hybridized carbons (Fsp3) is 0.455. The fourth-order valence-electron chi connectivity index (χ4n) is 1.77. The third-order valence-corrected chi connectivity index (χ3v) is 4.29. The van der Waals surface area contributed by atoms with E-state index in [0.29, 0.717) is 22.2 Å². The number of hydrogen-bond donors (Lipinski definition) is 1. The number of anilines is 1. The van der Waals surface area contributed by atoms with Gasteiger partial charge in [0.05, 0.1) is 5.69 Å². The lowest BCUT2D eigenvalue weighted by molar-refractivity contribution is 0.604. The molecule has 0 amide bonds. The molecule has 0 spiro atoms. The number of hydrogen-bond acceptors (Lipinski definition) is 2. The van der Waals surface area contributed by atoms with Crippen LogP contribution in [0, 0.1) is 5.82 Å². The number of nitrogens with one attached hydrogen (secondary N) is 1. The second-order valence-corrected chi connectivity index (χ2v) is 6.02. The van der Waals surface area contributed by atoms with Crippen LogP contribution in [-0.4, -0.2) is 21.8 Å². The van der Waals surface area contributed by atoms with Gasteiger partial charge in [-0.15, -0.1) is 0 Å². The summed E-state index contributed by atoms with van der Waals surface area (Å²) in [6, 6.07) is 4.66. The van der Waals surface area contributed by atoms with Crippen LogP contribution >= 0.6 is 11.6 Å². The van der Waals surface area contributed by atoms with Crippen LogP contribution in [0.25, 0.3) is 0 Å². The topological polar surface area (TPSA) is 29.1 Å². The molecule has 1 fully saturated rings. The molecule has 1 saturated heterocycles.